The minimum atomic E-state index is -1.13. The molecule has 0 saturated carbocycles. The molecule has 0 aromatic heterocycles. The fourth-order valence-corrected chi connectivity index (χ4v) is 3.02. The zero-order valence-corrected chi connectivity index (χ0v) is 17.8. The number of rotatable bonds is 12. The van der Waals surface area contributed by atoms with Crippen LogP contribution in [0.4, 0.5) is 4.79 Å². The van der Waals surface area contributed by atoms with Crippen molar-refractivity contribution in [2.45, 2.75) is 44.8 Å². The van der Waals surface area contributed by atoms with E-state index >= 15 is 0 Å². The Morgan fingerprint density at radius 3 is 2.47 bits per heavy atom. The molecule has 0 saturated heterocycles. The Labute approximate surface area is 187 Å². The summed E-state index contributed by atoms with van der Waals surface area (Å²) in [5.41, 5.74) is 2.02. The summed E-state index contributed by atoms with van der Waals surface area (Å²) in [6, 6.07) is 17.0. The van der Waals surface area contributed by atoms with Crippen LogP contribution >= 0.6 is 0 Å². The summed E-state index contributed by atoms with van der Waals surface area (Å²) in [5.74, 6) is -1.47. The highest BCUT2D eigenvalue weighted by Crippen LogP contribution is 2.08. The van der Waals surface area contributed by atoms with Crippen molar-refractivity contribution < 1.29 is 24.2 Å². The van der Waals surface area contributed by atoms with Gasteiger partial charge in [0.15, 0.2) is 0 Å². The first-order chi connectivity index (χ1) is 15.5. The summed E-state index contributed by atoms with van der Waals surface area (Å²) in [6.07, 6.45) is 1.76. The number of carbonyl (C=O) groups is 3. The number of nitrogens with zero attached hydrogens (tertiary/aromatic N) is 1. The smallest absolute Gasteiger partial charge is 0.407 e. The van der Waals surface area contributed by atoms with Crippen molar-refractivity contribution in [1.29, 1.82) is 5.26 Å². The van der Waals surface area contributed by atoms with Gasteiger partial charge in [-0.05, 0) is 36.1 Å². The maximum Gasteiger partial charge on any atom is 0.407 e. The van der Waals surface area contributed by atoms with Gasteiger partial charge in [0.2, 0.25) is 5.91 Å². The van der Waals surface area contributed by atoms with Crippen LogP contribution in [0.5, 0.6) is 0 Å². The molecule has 1 atom stereocenters. The van der Waals surface area contributed by atoms with Crippen molar-refractivity contribution in [2.75, 3.05) is 6.54 Å². The molecule has 0 bridgehead atoms. The number of amides is 2. The number of benzene rings is 2. The number of nitriles is 1. The summed E-state index contributed by atoms with van der Waals surface area (Å²) in [7, 11) is 0. The highest BCUT2D eigenvalue weighted by molar-refractivity contribution is 5.83. The third-order valence-corrected chi connectivity index (χ3v) is 4.69. The first kappa shape index (κ1) is 24.4. The van der Waals surface area contributed by atoms with E-state index in [-0.39, 0.29) is 25.4 Å². The van der Waals surface area contributed by atoms with Crippen LogP contribution < -0.4 is 10.6 Å². The van der Waals surface area contributed by atoms with Crippen molar-refractivity contribution in [1.82, 2.24) is 10.6 Å². The molecule has 0 spiro atoms. The Bertz CT molecular complexity index is 940. The molecule has 3 N–H and O–H groups in total. The summed E-state index contributed by atoms with van der Waals surface area (Å²) in [5, 5.41) is 23.5. The highest BCUT2D eigenvalue weighted by atomic mass is 16.5. The Morgan fingerprint density at radius 2 is 1.75 bits per heavy atom. The molecule has 0 unspecified atom stereocenters. The Morgan fingerprint density at radius 1 is 1.00 bits per heavy atom. The SMILES string of the molecule is N#Cc1cccc(C[C@@H](NC(=O)CCCCCNC(=O)OCc2ccccc2)C(=O)O)c1. The quantitative estimate of drug-likeness (QED) is 0.438. The van der Waals surface area contributed by atoms with Crippen LogP contribution in [0.1, 0.15) is 42.4 Å². The van der Waals surface area contributed by atoms with Crippen molar-refractivity contribution in [3.05, 3.63) is 71.3 Å². The number of carbonyl (C=O) groups excluding carboxylic acids is 2. The number of hydrogen-bond donors (Lipinski definition) is 3. The van der Waals surface area contributed by atoms with Gasteiger partial charge < -0.3 is 20.5 Å². The van der Waals surface area contributed by atoms with E-state index in [2.05, 4.69) is 10.6 Å². The van der Waals surface area contributed by atoms with E-state index in [4.69, 9.17) is 10.00 Å². The highest BCUT2D eigenvalue weighted by Gasteiger charge is 2.20. The Hall–Kier alpha value is -3.86. The van der Waals surface area contributed by atoms with Gasteiger partial charge in [0, 0.05) is 19.4 Å². The molecule has 2 rings (SSSR count). The minimum absolute atomic E-state index is 0.103. The van der Waals surface area contributed by atoms with Gasteiger partial charge in [-0.1, -0.05) is 48.9 Å². The fraction of sp³-hybridized carbons (Fsp3) is 0.333. The lowest BCUT2D eigenvalue weighted by Crippen LogP contribution is -2.42. The molecule has 8 heteroatoms. The Balaban J connectivity index is 1.60. The number of hydrogen-bond acceptors (Lipinski definition) is 5. The predicted molar refractivity (Wildman–Crippen MR) is 118 cm³/mol. The molecule has 168 valence electrons. The molecule has 0 aliphatic carbocycles. The number of carboxylic acids is 1. The number of alkyl carbamates (subject to hydrolysis) is 1. The lowest BCUT2D eigenvalue weighted by molar-refractivity contribution is -0.141. The van der Waals surface area contributed by atoms with Crippen LogP contribution in [-0.2, 0) is 27.4 Å². The Kier molecular flexibility index (Phi) is 10.3. The van der Waals surface area contributed by atoms with Gasteiger partial charge in [-0.2, -0.15) is 5.26 Å². The molecule has 2 amide bonds. The number of ether oxygens (including phenoxy) is 1. The third kappa shape index (κ3) is 9.30. The van der Waals surface area contributed by atoms with E-state index in [1.54, 1.807) is 24.3 Å². The van der Waals surface area contributed by atoms with Crippen molar-refractivity contribution in [3.63, 3.8) is 0 Å². The van der Waals surface area contributed by atoms with Gasteiger partial charge in [0.1, 0.15) is 12.6 Å². The molecule has 32 heavy (non-hydrogen) atoms. The second-order valence-corrected chi connectivity index (χ2v) is 7.27. The number of carboxylic acid groups (broad SMARTS) is 1. The van der Waals surface area contributed by atoms with Gasteiger partial charge >= 0.3 is 12.1 Å². The predicted octanol–water partition coefficient (Wildman–Crippen LogP) is 3.16. The lowest BCUT2D eigenvalue weighted by atomic mass is 10.0. The van der Waals surface area contributed by atoms with E-state index in [9.17, 15) is 19.5 Å². The standard InChI is InChI=1S/C24H27N3O5/c25-16-20-11-7-10-19(14-20)15-21(23(29)30)27-22(28)12-5-2-6-13-26-24(31)32-17-18-8-3-1-4-9-18/h1,3-4,7-11,14,21H,2,5-6,12-13,15,17H2,(H,26,31)(H,27,28)(H,29,30)/t21-/m1/s1. The first-order valence-corrected chi connectivity index (χ1v) is 10.4. The zero-order valence-electron chi connectivity index (χ0n) is 17.8. The average molecular weight is 437 g/mol. The summed E-state index contributed by atoms with van der Waals surface area (Å²) >= 11 is 0. The third-order valence-electron chi connectivity index (χ3n) is 4.69. The number of nitrogens with one attached hydrogen (secondary N) is 2. The van der Waals surface area contributed by atoms with Crippen LogP contribution in [-0.4, -0.2) is 35.7 Å². The molecule has 0 radical (unpaired) electrons. The van der Waals surface area contributed by atoms with E-state index in [1.165, 1.54) is 0 Å². The molecular weight excluding hydrogens is 410 g/mol. The molecule has 0 heterocycles. The average Bonchev–Trinajstić information content (AvgIpc) is 2.80. The molecule has 0 aliphatic heterocycles. The fourth-order valence-electron chi connectivity index (χ4n) is 3.02. The van der Waals surface area contributed by atoms with Crippen LogP contribution in [0.25, 0.3) is 0 Å². The monoisotopic (exact) mass is 437 g/mol. The van der Waals surface area contributed by atoms with E-state index in [0.29, 0.717) is 36.9 Å². The first-order valence-electron chi connectivity index (χ1n) is 10.4. The topological polar surface area (TPSA) is 129 Å². The summed E-state index contributed by atoms with van der Waals surface area (Å²) < 4.78 is 5.11. The molecule has 0 aliphatic rings. The van der Waals surface area contributed by atoms with Crippen LogP contribution in [0.15, 0.2) is 54.6 Å². The molecule has 8 nitrogen and oxygen atoms in total. The number of aliphatic carboxylic acids is 1. The van der Waals surface area contributed by atoms with Crippen molar-refractivity contribution in [2.24, 2.45) is 0 Å². The van der Waals surface area contributed by atoms with Crippen molar-refractivity contribution in [3.8, 4) is 6.07 Å². The largest absolute Gasteiger partial charge is 0.480 e. The molecule has 2 aromatic rings. The zero-order chi connectivity index (χ0) is 23.2. The molecular formula is C24H27N3O5. The number of unbranched alkanes of at least 4 members (excludes halogenated alkanes) is 2. The van der Waals surface area contributed by atoms with E-state index in [1.807, 2.05) is 36.4 Å². The van der Waals surface area contributed by atoms with Gasteiger partial charge in [-0.3, -0.25) is 4.79 Å². The second kappa shape index (κ2) is 13.4. The summed E-state index contributed by atoms with van der Waals surface area (Å²) in [6.45, 7) is 0.640. The van der Waals surface area contributed by atoms with Crippen molar-refractivity contribution >= 4 is 18.0 Å². The van der Waals surface area contributed by atoms with E-state index < -0.39 is 18.1 Å². The lowest BCUT2D eigenvalue weighted by Gasteiger charge is -2.15. The second-order valence-electron chi connectivity index (χ2n) is 7.27. The minimum Gasteiger partial charge on any atom is -0.480 e. The van der Waals surface area contributed by atoms with Crippen LogP contribution in [0, 0.1) is 11.3 Å². The maximum atomic E-state index is 12.1. The normalized spacial score (nSPS) is 11.1. The van der Waals surface area contributed by atoms with Gasteiger partial charge in [-0.15, -0.1) is 0 Å². The summed E-state index contributed by atoms with van der Waals surface area (Å²) in [4.78, 5) is 35.3. The van der Waals surface area contributed by atoms with Gasteiger partial charge in [0.05, 0.1) is 11.6 Å². The molecule has 0 fully saturated rings. The van der Waals surface area contributed by atoms with E-state index in [0.717, 1.165) is 5.56 Å². The van der Waals surface area contributed by atoms with Crippen LogP contribution in [0.2, 0.25) is 0 Å². The molecule has 2 aromatic carbocycles. The van der Waals surface area contributed by atoms with Crippen LogP contribution in [0.3, 0.4) is 0 Å². The van der Waals surface area contributed by atoms with Gasteiger partial charge in [-0.25, -0.2) is 9.59 Å². The maximum absolute atomic E-state index is 12.1. The van der Waals surface area contributed by atoms with Gasteiger partial charge in [0.25, 0.3) is 0 Å².